The van der Waals surface area contributed by atoms with Crippen molar-refractivity contribution in [2.24, 2.45) is 5.84 Å². The quantitative estimate of drug-likeness (QED) is 0.572. The van der Waals surface area contributed by atoms with Gasteiger partial charge in [-0.3, -0.25) is 15.6 Å². The molecule has 1 aromatic carbocycles. The molecule has 0 bridgehead atoms. The highest BCUT2D eigenvalue weighted by atomic mass is 16.5. The number of benzene rings is 1. The molecule has 0 saturated heterocycles. The minimum absolute atomic E-state index is 0.282. The molecule has 1 aromatic heterocycles. The van der Waals surface area contributed by atoms with Crippen molar-refractivity contribution in [3.05, 3.63) is 48.3 Å². The molecule has 0 aliphatic heterocycles. The van der Waals surface area contributed by atoms with Gasteiger partial charge in [-0.25, -0.2) is 0 Å². The molecule has 2 aromatic rings. The highest BCUT2D eigenvalue weighted by molar-refractivity contribution is 6.07. The average molecular weight is 272 g/mol. The van der Waals surface area contributed by atoms with Crippen LogP contribution in [-0.4, -0.2) is 17.5 Å². The number of nitrogens with two attached hydrogens (primary N) is 1. The van der Waals surface area contributed by atoms with Crippen LogP contribution in [0, 0.1) is 0 Å². The first-order valence-electron chi connectivity index (χ1n) is 6.19. The summed E-state index contributed by atoms with van der Waals surface area (Å²) in [5.74, 6) is 5.84. The lowest BCUT2D eigenvalue weighted by Gasteiger charge is -2.09. The number of pyridine rings is 1. The first kappa shape index (κ1) is 13.8. The van der Waals surface area contributed by atoms with Gasteiger partial charge >= 0.3 is 0 Å². The Morgan fingerprint density at radius 2 is 2.05 bits per heavy atom. The van der Waals surface area contributed by atoms with Crippen molar-refractivity contribution < 1.29 is 9.53 Å². The van der Waals surface area contributed by atoms with E-state index in [0.29, 0.717) is 23.5 Å². The summed E-state index contributed by atoms with van der Waals surface area (Å²) in [7, 11) is 0. The summed E-state index contributed by atoms with van der Waals surface area (Å²) in [4.78, 5) is 16.0. The van der Waals surface area contributed by atoms with Crippen LogP contribution >= 0.6 is 0 Å². The maximum absolute atomic E-state index is 12.1. The third kappa shape index (κ3) is 3.24. The Morgan fingerprint density at radius 1 is 1.30 bits per heavy atom. The molecule has 6 nitrogen and oxygen atoms in total. The SMILES string of the molecule is CCOc1ccc(NC(=O)c2cnccc2NN)cc1. The summed E-state index contributed by atoms with van der Waals surface area (Å²) in [6.45, 7) is 2.52. The van der Waals surface area contributed by atoms with E-state index in [1.54, 1.807) is 36.5 Å². The van der Waals surface area contributed by atoms with Gasteiger partial charge in [-0.05, 0) is 37.3 Å². The topological polar surface area (TPSA) is 89.3 Å². The second-order valence-corrected chi connectivity index (χ2v) is 3.98. The molecule has 104 valence electrons. The minimum atomic E-state index is -0.282. The Balaban J connectivity index is 2.11. The van der Waals surface area contributed by atoms with Crippen LogP contribution in [0.15, 0.2) is 42.7 Å². The van der Waals surface area contributed by atoms with E-state index in [-0.39, 0.29) is 5.91 Å². The number of aromatic nitrogens is 1. The number of hydrogen-bond acceptors (Lipinski definition) is 5. The Morgan fingerprint density at radius 3 is 2.70 bits per heavy atom. The van der Waals surface area contributed by atoms with E-state index in [1.807, 2.05) is 6.92 Å². The van der Waals surface area contributed by atoms with Crippen molar-refractivity contribution in [1.82, 2.24) is 4.98 Å². The Kier molecular flexibility index (Phi) is 4.52. The number of ether oxygens (including phenoxy) is 1. The van der Waals surface area contributed by atoms with Crippen molar-refractivity contribution in [1.29, 1.82) is 0 Å². The molecule has 20 heavy (non-hydrogen) atoms. The number of carbonyl (C=O) groups excluding carboxylic acids is 1. The van der Waals surface area contributed by atoms with E-state index >= 15 is 0 Å². The summed E-state index contributed by atoms with van der Waals surface area (Å²) >= 11 is 0. The zero-order chi connectivity index (χ0) is 14.4. The fourth-order valence-corrected chi connectivity index (χ4v) is 1.70. The number of hydrazine groups is 1. The molecular weight excluding hydrogens is 256 g/mol. The molecule has 0 spiro atoms. The highest BCUT2D eigenvalue weighted by Crippen LogP contribution is 2.18. The van der Waals surface area contributed by atoms with Crippen LogP contribution in [0.1, 0.15) is 17.3 Å². The largest absolute Gasteiger partial charge is 0.494 e. The van der Waals surface area contributed by atoms with Gasteiger partial charge in [0.05, 0.1) is 17.9 Å². The second kappa shape index (κ2) is 6.53. The van der Waals surface area contributed by atoms with Gasteiger partial charge in [0.25, 0.3) is 5.91 Å². The molecule has 4 N–H and O–H groups in total. The Hall–Kier alpha value is -2.60. The molecule has 0 unspecified atom stereocenters. The van der Waals surface area contributed by atoms with Crippen LogP contribution in [-0.2, 0) is 0 Å². The fourth-order valence-electron chi connectivity index (χ4n) is 1.70. The van der Waals surface area contributed by atoms with Crippen LogP contribution in [0.3, 0.4) is 0 Å². The number of nitrogen functional groups attached to an aromatic ring is 1. The smallest absolute Gasteiger partial charge is 0.259 e. The van der Waals surface area contributed by atoms with Crippen molar-refractivity contribution in [3.8, 4) is 5.75 Å². The number of anilines is 2. The number of rotatable bonds is 5. The molecule has 0 radical (unpaired) electrons. The second-order valence-electron chi connectivity index (χ2n) is 3.98. The van der Waals surface area contributed by atoms with Crippen molar-refractivity contribution in [2.45, 2.75) is 6.92 Å². The number of nitrogens with zero attached hydrogens (tertiary/aromatic N) is 1. The van der Waals surface area contributed by atoms with E-state index < -0.39 is 0 Å². The molecule has 1 amide bonds. The van der Waals surface area contributed by atoms with Gasteiger partial charge in [-0.2, -0.15) is 0 Å². The van der Waals surface area contributed by atoms with Gasteiger partial charge in [-0.1, -0.05) is 0 Å². The maximum atomic E-state index is 12.1. The van der Waals surface area contributed by atoms with Gasteiger partial charge in [0.15, 0.2) is 0 Å². The third-order valence-electron chi connectivity index (χ3n) is 2.64. The monoisotopic (exact) mass is 272 g/mol. The van der Waals surface area contributed by atoms with Crippen LogP contribution in [0.2, 0.25) is 0 Å². The summed E-state index contributed by atoms with van der Waals surface area (Å²) in [6, 6.07) is 8.77. The van der Waals surface area contributed by atoms with Crippen molar-refractivity contribution >= 4 is 17.3 Å². The van der Waals surface area contributed by atoms with Gasteiger partial charge < -0.3 is 15.5 Å². The molecule has 0 aliphatic rings. The van der Waals surface area contributed by atoms with E-state index in [9.17, 15) is 4.79 Å². The van der Waals surface area contributed by atoms with Gasteiger partial charge in [0, 0.05) is 18.1 Å². The number of nitrogens with one attached hydrogen (secondary N) is 2. The Labute approximate surface area is 116 Å². The van der Waals surface area contributed by atoms with E-state index in [1.165, 1.54) is 6.20 Å². The van der Waals surface area contributed by atoms with E-state index in [0.717, 1.165) is 5.75 Å². The van der Waals surface area contributed by atoms with Crippen LogP contribution in [0.4, 0.5) is 11.4 Å². The third-order valence-corrected chi connectivity index (χ3v) is 2.64. The molecular formula is C14H16N4O2. The minimum Gasteiger partial charge on any atom is -0.494 e. The number of hydrogen-bond donors (Lipinski definition) is 3. The lowest BCUT2D eigenvalue weighted by atomic mass is 10.2. The zero-order valence-corrected chi connectivity index (χ0v) is 11.1. The number of amides is 1. The molecule has 1 heterocycles. The molecule has 0 aliphatic carbocycles. The van der Waals surface area contributed by atoms with Crippen LogP contribution in [0.25, 0.3) is 0 Å². The Bertz CT molecular complexity index is 584. The van der Waals surface area contributed by atoms with Crippen LogP contribution < -0.4 is 21.3 Å². The zero-order valence-electron chi connectivity index (χ0n) is 11.1. The van der Waals surface area contributed by atoms with Gasteiger partial charge in [0.1, 0.15) is 5.75 Å². The lowest BCUT2D eigenvalue weighted by Crippen LogP contribution is -2.17. The van der Waals surface area contributed by atoms with Gasteiger partial charge in [0.2, 0.25) is 0 Å². The summed E-state index contributed by atoms with van der Waals surface area (Å²) < 4.78 is 5.34. The standard InChI is InChI=1S/C14H16N4O2/c1-2-20-11-5-3-10(4-6-11)17-14(19)12-9-16-8-7-13(12)18-15/h3-9H,2,15H2,1H3,(H,16,18)(H,17,19). The van der Waals surface area contributed by atoms with E-state index in [2.05, 4.69) is 15.7 Å². The summed E-state index contributed by atoms with van der Waals surface area (Å²) in [5.41, 5.74) is 4.03. The predicted octanol–water partition coefficient (Wildman–Crippen LogP) is 2.02. The normalized spacial score (nSPS) is 9.90. The van der Waals surface area contributed by atoms with Gasteiger partial charge in [-0.15, -0.1) is 0 Å². The predicted molar refractivity (Wildman–Crippen MR) is 77.6 cm³/mol. The molecule has 0 saturated carbocycles. The average Bonchev–Trinajstić information content (AvgIpc) is 2.49. The lowest BCUT2D eigenvalue weighted by molar-refractivity contribution is 0.102. The highest BCUT2D eigenvalue weighted by Gasteiger charge is 2.11. The fraction of sp³-hybridized carbons (Fsp3) is 0.143. The first-order chi connectivity index (χ1) is 9.74. The maximum Gasteiger partial charge on any atom is 0.259 e. The molecule has 0 fully saturated rings. The van der Waals surface area contributed by atoms with Crippen LogP contribution in [0.5, 0.6) is 5.75 Å². The molecule has 2 rings (SSSR count). The van der Waals surface area contributed by atoms with E-state index in [4.69, 9.17) is 10.6 Å². The number of carbonyl (C=O) groups is 1. The molecule has 0 atom stereocenters. The summed E-state index contributed by atoms with van der Waals surface area (Å²) in [6.07, 6.45) is 3.02. The summed E-state index contributed by atoms with van der Waals surface area (Å²) in [5, 5.41) is 2.77. The van der Waals surface area contributed by atoms with Crippen molar-refractivity contribution in [3.63, 3.8) is 0 Å². The molecule has 6 heteroatoms. The first-order valence-corrected chi connectivity index (χ1v) is 6.19. The van der Waals surface area contributed by atoms with Crippen molar-refractivity contribution in [2.75, 3.05) is 17.3 Å².